The summed E-state index contributed by atoms with van der Waals surface area (Å²) in [6.07, 6.45) is 0. The molecule has 1 aliphatic rings. The zero-order valence-electron chi connectivity index (χ0n) is 18.0. The van der Waals surface area contributed by atoms with Crippen LogP contribution in [0.15, 0.2) is 66.7 Å². The van der Waals surface area contributed by atoms with E-state index in [0.717, 1.165) is 44.8 Å². The van der Waals surface area contributed by atoms with Gasteiger partial charge in [-0.15, -0.1) is 0 Å². The third-order valence-corrected chi connectivity index (χ3v) is 5.48. The lowest BCUT2D eigenvalue weighted by molar-refractivity contribution is -0.384. The number of benzene rings is 3. The molecule has 1 fully saturated rings. The van der Waals surface area contributed by atoms with Crippen molar-refractivity contribution in [1.82, 2.24) is 9.80 Å². The third kappa shape index (κ3) is 6.83. The van der Waals surface area contributed by atoms with Crippen LogP contribution in [-0.2, 0) is 22.7 Å². The first-order valence-corrected chi connectivity index (χ1v) is 10.4. The van der Waals surface area contributed by atoms with Gasteiger partial charge < -0.3 is 10.2 Å². The van der Waals surface area contributed by atoms with Crippen molar-refractivity contribution in [3.63, 3.8) is 0 Å². The topological polar surface area (TPSA) is 124 Å². The second kappa shape index (κ2) is 11.2. The van der Waals surface area contributed by atoms with Gasteiger partial charge in [0, 0.05) is 51.4 Å². The molecule has 1 aliphatic heterocycles. The Morgan fingerprint density at radius 3 is 1.91 bits per heavy atom. The van der Waals surface area contributed by atoms with Crippen LogP contribution in [0.1, 0.15) is 11.1 Å². The minimum atomic E-state index is -1.82. The fraction of sp³-hybridized carbons (Fsp3) is 0.250. The highest BCUT2D eigenvalue weighted by atomic mass is 16.6. The predicted octanol–water partition coefficient (Wildman–Crippen LogP) is 3.22. The molecule has 9 heteroatoms. The lowest BCUT2D eigenvalue weighted by atomic mass is 10.0. The Morgan fingerprint density at radius 2 is 1.33 bits per heavy atom. The largest absolute Gasteiger partial charge is 0.473 e. The van der Waals surface area contributed by atoms with E-state index < -0.39 is 11.9 Å². The summed E-state index contributed by atoms with van der Waals surface area (Å²) in [6, 6.07) is 22.0. The van der Waals surface area contributed by atoms with Crippen LogP contribution in [0.25, 0.3) is 10.8 Å². The van der Waals surface area contributed by atoms with Crippen LogP contribution >= 0.6 is 0 Å². The summed E-state index contributed by atoms with van der Waals surface area (Å²) in [6.45, 7) is 5.93. The normalized spacial score (nSPS) is 14.3. The summed E-state index contributed by atoms with van der Waals surface area (Å²) in [7, 11) is 0. The van der Waals surface area contributed by atoms with E-state index in [1.165, 1.54) is 16.3 Å². The Morgan fingerprint density at radius 1 is 0.788 bits per heavy atom. The van der Waals surface area contributed by atoms with E-state index in [9.17, 15) is 10.1 Å². The zero-order chi connectivity index (χ0) is 23.8. The molecule has 0 aromatic heterocycles. The van der Waals surface area contributed by atoms with E-state index >= 15 is 0 Å². The highest BCUT2D eigenvalue weighted by Gasteiger charge is 2.18. The number of rotatable bonds is 5. The van der Waals surface area contributed by atoms with Crippen LogP contribution in [0.5, 0.6) is 0 Å². The maximum absolute atomic E-state index is 10.8. The van der Waals surface area contributed by atoms with Crippen molar-refractivity contribution >= 4 is 28.4 Å². The van der Waals surface area contributed by atoms with E-state index in [1.807, 2.05) is 12.1 Å². The maximum Gasteiger partial charge on any atom is 0.414 e. The van der Waals surface area contributed by atoms with Gasteiger partial charge in [-0.1, -0.05) is 54.6 Å². The second-order valence-corrected chi connectivity index (χ2v) is 7.72. The van der Waals surface area contributed by atoms with Crippen LogP contribution < -0.4 is 0 Å². The summed E-state index contributed by atoms with van der Waals surface area (Å²) in [5, 5.41) is 28.2. The van der Waals surface area contributed by atoms with Crippen molar-refractivity contribution in [2.75, 3.05) is 26.2 Å². The van der Waals surface area contributed by atoms with Crippen molar-refractivity contribution < 1.29 is 24.7 Å². The van der Waals surface area contributed by atoms with Crippen molar-refractivity contribution in [2.24, 2.45) is 0 Å². The van der Waals surface area contributed by atoms with E-state index in [4.69, 9.17) is 19.8 Å². The molecular weight excluding hydrogens is 426 g/mol. The number of nitrogens with zero attached hydrogens (tertiary/aromatic N) is 3. The molecule has 3 aromatic carbocycles. The highest BCUT2D eigenvalue weighted by molar-refractivity contribution is 6.27. The fourth-order valence-corrected chi connectivity index (χ4v) is 3.76. The molecule has 33 heavy (non-hydrogen) atoms. The van der Waals surface area contributed by atoms with Crippen LogP contribution in [0, 0.1) is 10.1 Å². The average Bonchev–Trinajstić information content (AvgIpc) is 2.81. The van der Waals surface area contributed by atoms with E-state index in [1.54, 1.807) is 12.1 Å². The van der Waals surface area contributed by atoms with Crippen molar-refractivity contribution in [1.29, 1.82) is 0 Å². The molecule has 1 saturated heterocycles. The number of carboxylic acids is 2. The summed E-state index contributed by atoms with van der Waals surface area (Å²) in [5.74, 6) is -3.65. The predicted molar refractivity (Wildman–Crippen MR) is 123 cm³/mol. The lowest BCUT2D eigenvalue weighted by Gasteiger charge is -2.35. The molecule has 0 spiro atoms. The molecule has 0 unspecified atom stereocenters. The minimum Gasteiger partial charge on any atom is -0.473 e. The van der Waals surface area contributed by atoms with E-state index in [-0.39, 0.29) is 10.6 Å². The maximum atomic E-state index is 10.8. The molecule has 0 aliphatic carbocycles. The molecule has 9 nitrogen and oxygen atoms in total. The second-order valence-electron chi connectivity index (χ2n) is 7.72. The number of fused-ring (bicyclic) bond motifs is 1. The Balaban J connectivity index is 0.000000454. The number of carboxylic acid groups (broad SMARTS) is 2. The zero-order valence-corrected chi connectivity index (χ0v) is 18.0. The number of carbonyl (C=O) groups is 2. The average molecular weight is 451 g/mol. The van der Waals surface area contributed by atoms with Gasteiger partial charge >= 0.3 is 11.9 Å². The standard InChI is InChI=1S/C22H23N3O2.C2H2O4/c26-25(27)21-10-8-18(9-11-21)16-23-12-14-24(15-13-23)17-20-6-3-5-19-4-1-2-7-22(19)20;3-1(4)2(5)6/h1-11H,12-17H2;(H,3,4)(H,5,6). The monoisotopic (exact) mass is 451 g/mol. The summed E-state index contributed by atoms with van der Waals surface area (Å²) in [5.41, 5.74) is 2.67. The molecule has 0 atom stereocenters. The first kappa shape index (κ1) is 23.8. The number of aliphatic carboxylic acids is 2. The number of piperazine rings is 1. The van der Waals surface area contributed by atoms with Gasteiger partial charge in [0.05, 0.1) is 4.92 Å². The van der Waals surface area contributed by atoms with Crippen LogP contribution in [0.4, 0.5) is 5.69 Å². The van der Waals surface area contributed by atoms with Gasteiger partial charge in [-0.3, -0.25) is 19.9 Å². The molecular formula is C24H25N3O6. The number of nitro groups is 1. The molecule has 3 aromatic rings. The molecule has 0 bridgehead atoms. The molecule has 1 heterocycles. The van der Waals surface area contributed by atoms with Gasteiger partial charge in [-0.25, -0.2) is 9.59 Å². The Hall–Kier alpha value is -3.82. The fourth-order valence-electron chi connectivity index (χ4n) is 3.76. The number of nitro benzene ring substituents is 1. The first-order valence-electron chi connectivity index (χ1n) is 10.4. The number of hydrogen-bond acceptors (Lipinski definition) is 6. The van der Waals surface area contributed by atoms with Gasteiger partial charge in [-0.05, 0) is 21.9 Å². The van der Waals surface area contributed by atoms with Crippen molar-refractivity contribution in [3.05, 3.63) is 88.0 Å². The Kier molecular flexibility index (Phi) is 8.06. The van der Waals surface area contributed by atoms with Gasteiger partial charge in [-0.2, -0.15) is 0 Å². The lowest BCUT2D eigenvalue weighted by Crippen LogP contribution is -2.45. The van der Waals surface area contributed by atoms with Crippen LogP contribution in [0.3, 0.4) is 0 Å². The van der Waals surface area contributed by atoms with Gasteiger partial charge in [0.15, 0.2) is 0 Å². The van der Waals surface area contributed by atoms with E-state index in [2.05, 4.69) is 52.3 Å². The smallest absolute Gasteiger partial charge is 0.414 e. The van der Waals surface area contributed by atoms with Crippen molar-refractivity contribution in [3.8, 4) is 0 Å². The van der Waals surface area contributed by atoms with Gasteiger partial charge in [0.1, 0.15) is 0 Å². The SMILES string of the molecule is O=C(O)C(=O)O.O=[N+]([O-])c1ccc(CN2CCN(Cc3cccc4ccccc34)CC2)cc1. The molecule has 4 rings (SSSR count). The quantitative estimate of drug-likeness (QED) is 0.344. The van der Waals surface area contributed by atoms with Crippen molar-refractivity contribution in [2.45, 2.75) is 13.1 Å². The van der Waals surface area contributed by atoms with Crippen LogP contribution in [-0.4, -0.2) is 63.1 Å². The Bertz CT molecular complexity index is 1110. The highest BCUT2D eigenvalue weighted by Crippen LogP contribution is 2.21. The first-order chi connectivity index (χ1) is 15.8. The molecule has 0 amide bonds. The van der Waals surface area contributed by atoms with Gasteiger partial charge in [0.25, 0.3) is 5.69 Å². The minimum absolute atomic E-state index is 0.152. The molecule has 2 N–H and O–H groups in total. The summed E-state index contributed by atoms with van der Waals surface area (Å²) >= 11 is 0. The van der Waals surface area contributed by atoms with Crippen LogP contribution in [0.2, 0.25) is 0 Å². The van der Waals surface area contributed by atoms with Gasteiger partial charge in [0.2, 0.25) is 0 Å². The molecule has 0 radical (unpaired) electrons. The summed E-state index contributed by atoms with van der Waals surface area (Å²) < 4.78 is 0. The third-order valence-electron chi connectivity index (χ3n) is 5.48. The molecule has 172 valence electrons. The summed E-state index contributed by atoms with van der Waals surface area (Å²) in [4.78, 5) is 33.5. The molecule has 0 saturated carbocycles. The Labute approximate surface area is 190 Å². The number of hydrogen-bond donors (Lipinski definition) is 2. The number of non-ortho nitro benzene ring substituents is 1. The van der Waals surface area contributed by atoms with E-state index in [0.29, 0.717) is 0 Å².